The third-order valence-electron chi connectivity index (χ3n) is 2.09. The topological polar surface area (TPSA) is 26.0 Å². The van der Waals surface area contributed by atoms with Gasteiger partial charge in [0.2, 0.25) is 0 Å². The normalized spacial score (nSPS) is 12.7. The van der Waals surface area contributed by atoms with Crippen LogP contribution in [0.3, 0.4) is 0 Å². The molecule has 84 valence electrons. The van der Waals surface area contributed by atoms with E-state index in [1.54, 1.807) is 12.1 Å². The molecule has 0 aliphatic heterocycles. The minimum atomic E-state index is -0.187. The quantitative estimate of drug-likeness (QED) is 0.756. The molecule has 3 heteroatoms. The molecule has 0 aliphatic rings. The predicted octanol–water partition coefficient (Wildman–Crippen LogP) is 2.84. The highest BCUT2D eigenvalue weighted by Crippen LogP contribution is 2.09. The minimum absolute atomic E-state index is 0.173. The van der Waals surface area contributed by atoms with Crippen LogP contribution in [0.15, 0.2) is 24.3 Å². The van der Waals surface area contributed by atoms with Crippen LogP contribution < -0.4 is 5.73 Å². The van der Waals surface area contributed by atoms with Gasteiger partial charge in [0.05, 0.1) is 0 Å². The summed E-state index contributed by atoms with van der Waals surface area (Å²) in [6.45, 7) is 2.17. The SMILES string of the molecule is CCCSCC(N)Cc1ccc(F)cc1. The number of rotatable bonds is 6. The van der Waals surface area contributed by atoms with Crippen LogP contribution in [-0.2, 0) is 6.42 Å². The summed E-state index contributed by atoms with van der Waals surface area (Å²) < 4.78 is 12.6. The van der Waals surface area contributed by atoms with Crippen LogP contribution in [0.25, 0.3) is 0 Å². The zero-order valence-corrected chi connectivity index (χ0v) is 9.90. The van der Waals surface area contributed by atoms with Gasteiger partial charge < -0.3 is 5.73 Å². The predicted molar refractivity (Wildman–Crippen MR) is 65.7 cm³/mol. The van der Waals surface area contributed by atoms with Crippen LogP contribution in [0, 0.1) is 5.82 Å². The van der Waals surface area contributed by atoms with Crippen molar-refractivity contribution in [2.45, 2.75) is 25.8 Å². The molecule has 0 radical (unpaired) electrons. The van der Waals surface area contributed by atoms with E-state index in [-0.39, 0.29) is 11.9 Å². The van der Waals surface area contributed by atoms with Crippen LogP contribution in [0.4, 0.5) is 4.39 Å². The Bertz CT molecular complexity index is 273. The molecule has 0 aromatic heterocycles. The summed E-state index contributed by atoms with van der Waals surface area (Å²) in [5, 5.41) is 0. The molecular weight excluding hydrogens is 209 g/mol. The molecule has 0 fully saturated rings. The lowest BCUT2D eigenvalue weighted by Gasteiger charge is -2.10. The van der Waals surface area contributed by atoms with E-state index in [1.165, 1.54) is 18.6 Å². The highest BCUT2D eigenvalue weighted by molar-refractivity contribution is 7.99. The van der Waals surface area contributed by atoms with Crippen molar-refractivity contribution >= 4 is 11.8 Å². The van der Waals surface area contributed by atoms with E-state index in [4.69, 9.17) is 5.73 Å². The number of hydrogen-bond acceptors (Lipinski definition) is 2. The van der Waals surface area contributed by atoms with E-state index in [0.29, 0.717) is 0 Å². The number of nitrogens with two attached hydrogens (primary N) is 1. The summed E-state index contributed by atoms with van der Waals surface area (Å²) in [4.78, 5) is 0. The Labute approximate surface area is 95.2 Å². The third kappa shape index (κ3) is 5.19. The molecule has 2 N–H and O–H groups in total. The Morgan fingerprint density at radius 2 is 2.00 bits per heavy atom. The van der Waals surface area contributed by atoms with Crippen molar-refractivity contribution in [1.82, 2.24) is 0 Å². The van der Waals surface area contributed by atoms with Crippen molar-refractivity contribution in [3.63, 3.8) is 0 Å². The molecule has 0 spiro atoms. The molecule has 0 heterocycles. The summed E-state index contributed by atoms with van der Waals surface area (Å²) in [5.74, 6) is 1.95. The van der Waals surface area contributed by atoms with Gasteiger partial charge in [0.15, 0.2) is 0 Å². The van der Waals surface area contributed by atoms with E-state index in [2.05, 4.69) is 6.92 Å². The molecule has 1 atom stereocenters. The first-order valence-corrected chi connectivity index (χ1v) is 6.45. The zero-order chi connectivity index (χ0) is 11.1. The van der Waals surface area contributed by atoms with Gasteiger partial charge in [0.25, 0.3) is 0 Å². The molecule has 0 bridgehead atoms. The second-order valence-electron chi connectivity index (χ2n) is 3.67. The summed E-state index contributed by atoms with van der Waals surface area (Å²) in [6, 6.07) is 6.76. The molecule has 15 heavy (non-hydrogen) atoms. The minimum Gasteiger partial charge on any atom is -0.327 e. The summed E-state index contributed by atoms with van der Waals surface area (Å²) in [6.07, 6.45) is 2.02. The Kier molecular flexibility index (Phi) is 5.73. The van der Waals surface area contributed by atoms with Crippen molar-refractivity contribution in [2.75, 3.05) is 11.5 Å². The first-order valence-electron chi connectivity index (χ1n) is 5.30. The van der Waals surface area contributed by atoms with Crippen LogP contribution in [0.1, 0.15) is 18.9 Å². The van der Waals surface area contributed by atoms with Gasteiger partial charge in [-0.3, -0.25) is 0 Å². The number of thioether (sulfide) groups is 1. The molecule has 1 unspecified atom stereocenters. The molecule has 0 aliphatic carbocycles. The standard InChI is InChI=1S/C12H18FNS/c1-2-7-15-9-12(14)8-10-3-5-11(13)6-4-10/h3-6,12H,2,7-9,14H2,1H3. The Hall–Kier alpha value is -0.540. The first-order chi connectivity index (χ1) is 7.22. The molecular formula is C12H18FNS. The van der Waals surface area contributed by atoms with Crippen LogP contribution >= 0.6 is 11.8 Å². The van der Waals surface area contributed by atoms with Crippen LogP contribution in [-0.4, -0.2) is 17.5 Å². The van der Waals surface area contributed by atoms with Crippen molar-refractivity contribution < 1.29 is 4.39 Å². The number of halogens is 1. The maximum Gasteiger partial charge on any atom is 0.123 e. The third-order valence-corrected chi connectivity index (χ3v) is 3.45. The van der Waals surface area contributed by atoms with Gasteiger partial charge >= 0.3 is 0 Å². The fourth-order valence-corrected chi connectivity index (χ4v) is 2.24. The van der Waals surface area contributed by atoms with Gasteiger partial charge in [-0.2, -0.15) is 11.8 Å². The van der Waals surface area contributed by atoms with E-state index in [1.807, 2.05) is 11.8 Å². The molecule has 1 aromatic rings. The van der Waals surface area contributed by atoms with Crippen molar-refractivity contribution in [1.29, 1.82) is 0 Å². The van der Waals surface area contributed by atoms with Gasteiger partial charge in [-0.25, -0.2) is 4.39 Å². The van der Waals surface area contributed by atoms with Crippen LogP contribution in [0.5, 0.6) is 0 Å². The molecule has 1 aromatic carbocycles. The maximum absolute atomic E-state index is 12.6. The Morgan fingerprint density at radius 3 is 2.60 bits per heavy atom. The average molecular weight is 227 g/mol. The first kappa shape index (κ1) is 12.5. The van der Waals surface area contributed by atoms with Crippen molar-refractivity contribution in [3.05, 3.63) is 35.6 Å². The fraction of sp³-hybridized carbons (Fsp3) is 0.500. The smallest absolute Gasteiger partial charge is 0.123 e. The number of benzene rings is 1. The molecule has 1 rings (SSSR count). The monoisotopic (exact) mass is 227 g/mol. The average Bonchev–Trinajstić information content (AvgIpc) is 2.22. The van der Waals surface area contributed by atoms with E-state index in [9.17, 15) is 4.39 Å². The van der Waals surface area contributed by atoms with Crippen molar-refractivity contribution in [2.24, 2.45) is 5.73 Å². The highest BCUT2D eigenvalue weighted by Gasteiger charge is 2.03. The Balaban J connectivity index is 2.31. The van der Waals surface area contributed by atoms with Gasteiger partial charge in [-0.05, 0) is 36.3 Å². The van der Waals surface area contributed by atoms with Gasteiger partial charge in [0, 0.05) is 11.8 Å². The van der Waals surface area contributed by atoms with E-state index < -0.39 is 0 Å². The fourth-order valence-electron chi connectivity index (χ4n) is 1.36. The molecule has 0 saturated carbocycles. The lowest BCUT2D eigenvalue weighted by Crippen LogP contribution is -2.25. The second-order valence-corrected chi connectivity index (χ2v) is 4.82. The van der Waals surface area contributed by atoms with Gasteiger partial charge in [-0.1, -0.05) is 19.1 Å². The molecule has 0 saturated heterocycles. The van der Waals surface area contributed by atoms with E-state index >= 15 is 0 Å². The maximum atomic E-state index is 12.6. The molecule has 1 nitrogen and oxygen atoms in total. The van der Waals surface area contributed by atoms with Gasteiger partial charge in [0.1, 0.15) is 5.82 Å². The zero-order valence-electron chi connectivity index (χ0n) is 9.08. The highest BCUT2D eigenvalue weighted by atomic mass is 32.2. The second kappa shape index (κ2) is 6.85. The van der Waals surface area contributed by atoms with Gasteiger partial charge in [-0.15, -0.1) is 0 Å². The van der Waals surface area contributed by atoms with E-state index in [0.717, 1.165) is 23.5 Å². The Morgan fingerprint density at radius 1 is 1.33 bits per heavy atom. The van der Waals surface area contributed by atoms with Crippen LogP contribution in [0.2, 0.25) is 0 Å². The lowest BCUT2D eigenvalue weighted by molar-refractivity contribution is 0.626. The van der Waals surface area contributed by atoms with Crippen molar-refractivity contribution in [3.8, 4) is 0 Å². The largest absolute Gasteiger partial charge is 0.327 e. The summed E-state index contributed by atoms with van der Waals surface area (Å²) >= 11 is 1.88. The lowest BCUT2D eigenvalue weighted by atomic mass is 10.1. The summed E-state index contributed by atoms with van der Waals surface area (Å²) in [5.41, 5.74) is 7.08. The summed E-state index contributed by atoms with van der Waals surface area (Å²) in [7, 11) is 0. The molecule has 0 amide bonds. The number of hydrogen-bond donors (Lipinski definition) is 1.